The number of phenolic OH excluding ortho intramolecular Hbond substituents is 1. The lowest BCUT2D eigenvalue weighted by molar-refractivity contribution is -0.138. The van der Waals surface area contributed by atoms with E-state index in [1.54, 1.807) is 42.5 Å². The van der Waals surface area contributed by atoms with Gasteiger partial charge in [0.2, 0.25) is 11.8 Å². The van der Waals surface area contributed by atoms with E-state index in [0.717, 1.165) is 4.90 Å². The Morgan fingerprint density at radius 2 is 1.72 bits per heavy atom. The molecule has 2 aromatic rings. The molecule has 6 rings (SSSR count). The standard InChI is InChI=1S/C28H23BrCl2N2O6/c1-39-19-9-5-8-18(34)21(19)22-15-10-11-16-20(24(36)33(23(16)35)14-6-3-2-4-7-14)17(15)12-27(30)25(37)32(13-29)26(38)28(22,27)31/h2-10,16-17,20,22,34H,11-13H2,1H3. The quantitative estimate of drug-likeness (QED) is 0.233. The molecule has 4 aliphatic rings. The average Bonchev–Trinajstić information content (AvgIpc) is 3.27. The van der Waals surface area contributed by atoms with Crippen LogP contribution in [0.4, 0.5) is 5.69 Å². The summed E-state index contributed by atoms with van der Waals surface area (Å²) in [5.41, 5.74) is 1.11. The number of nitrogens with zero attached hydrogens (tertiary/aromatic N) is 2. The summed E-state index contributed by atoms with van der Waals surface area (Å²) >= 11 is 17.6. The topological polar surface area (TPSA) is 104 Å². The maximum absolute atomic E-state index is 13.9. The van der Waals surface area contributed by atoms with Crippen molar-refractivity contribution in [2.45, 2.75) is 28.5 Å². The van der Waals surface area contributed by atoms with Crippen molar-refractivity contribution in [3.63, 3.8) is 0 Å². The van der Waals surface area contributed by atoms with Crippen LogP contribution in [0.2, 0.25) is 0 Å². The van der Waals surface area contributed by atoms with Crippen molar-refractivity contribution in [1.82, 2.24) is 4.90 Å². The van der Waals surface area contributed by atoms with Crippen molar-refractivity contribution in [3.8, 4) is 11.5 Å². The molecule has 202 valence electrons. The number of halogens is 3. The summed E-state index contributed by atoms with van der Waals surface area (Å²) in [4.78, 5) is 53.2. The fraction of sp³-hybridized carbons (Fsp3) is 0.357. The summed E-state index contributed by atoms with van der Waals surface area (Å²) in [7, 11) is 1.42. The molecule has 2 heterocycles. The number of aromatic hydroxyl groups is 1. The SMILES string of the molecule is COc1cccc(O)c1C1C2=CCC3C(=O)N(c4ccccc4)C(=O)C3C2CC2(Cl)C(=O)N(CBr)C(=O)C12Cl. The molecule has 4 amide bonds. The first-order valence-corrected chi connectivity index (χ1v) is 14.3. The summed E-state index contributed by atoms with van der Waals surface area (Å²) < 4.78 is 5.56. The van der Waals surface area contributed by atoms with Gasteiger partial charge in [-0.15, -0.1) is 23.2 Å². The second-order valence-corrected chi connectivity index (χ2v) is 12.0. The van der Waals surface area contributed by atoms with Gasteiger partial charge in [0.05, 0.1) is 30.1 Å². The van der Waals surface area contributed by atoms with Crippen LogP contribution in [0, 0.1) is 17.8 Å². The predicted molar refractivity (Wildman–Crippen MR) is 147 cm³/mol. The van der Waals surface area contributed by atoms with Crippen molar-refractivity contribution in [2.24, 2.45) is 17.8 Å². The highest BCUT2D eigenvalue weighted by atomic mass is 79.9. The van der Waals surface area contributed by atoms with Gasteiger partial charge >= 0.3 is 0 Å². The lowest BCUT2D eigenvalue weighted by Gasteiger charge is -2.50. The van der Waals surface area contributed by atoms with Gasteiger partial charge in [0, 0.05) is 11.5 Å². The molecular formula is C28H23BrCl2N2O6. The third kappa shape index (κ3) is 3.30. The molecule has 2 aromatic carbocycles. The van der Waals surface area contributed by atoms with E-state index in [9.17, 15) is 24.3 Å². The van der Waals surface area contributed by atoms with Crippen LogP contribution in [-0.2, 0) is 19.2 Å². The Labute approximate surface area is 242 Å². The van der Waals surface area contributed by atoms with E-state index in [2.05, 4.69) is 15.9 Å². The number of anilines is 1. The number of carbonyl (C=O) groups excluding carboxylic acids is 4. The van der Waals surface area contributed by atoms with Gasteiger partial charge in [-0.1, -0.05) is 51.8 Å². The number of carbonyl (C=O) groups is 4. The van der Waals surface area contributed by atoms with E-state index in [0.29, 0.717) is 11.3 Å². The number of ether oxygens (including phenoxy) is 1. The Balaban J connectivity index is 1.57. The predicted octanol–water partition coefficient (Wildman–Crippen LogP) is 4.32. The zero-order valence-corrected chi connectivity index (χ0v) is 23.7. The number of imide groups is 2. The molecule has 0 bridgehead atoms. The number of hydrogen-bond donors (Lipinski definition) is 1. The second kappa shape index (κ2) is 9.08. The van der Waals surface area contributed by atoms with E-state index >= 15 is 0 Å². The Morgan fingerprint density at radius 1 is 1.00 bits per heavy atom. The number of benzene rings is 2. The number of likely N-dealkylation sites (tertiary alicyclic amines) is 1. The van der Waals surface area contributed by atoms with Gasteiger partial charge in [0.1, 0.15) is 11.5 Å². The number of rotatable bonds is 4. The molecule has 6 unspecified atom stereocenters. The number of methoxy groups -OCH3 is 1. The first kappa shape index (κ1) is 26.3. The maximum Gasteiger partial charge on any atom is 0.254 e. The van der Waals surface area contributed by atoms with Crippen molar-refractivity contribution in [3.05, 3.63) is 65.7 Å². The minimum atomic E-state index is -2.02. The van der Waals surface area contributed by atoms with Crippen LogP contribution < -0.4 is 9.64 Å². The molecule has 6 atom stereocenters. The van der Waals surface area contributed by atoms with Gasteiger partial charge in [-0.2, -0.15) is 0 Å². The molecule has 2 aliphatic heterocycles. The minimum absolute atomic E-state index is 0.132. The first-order chi connectivity index (χ1) is 18.6. The molecule has 2 aliphatic carbocycles. The normalized spacial score (nSPS) is 33.6. The summed E-state index contributed by atoms with van der Waals surface area (Å²) in [6.45, 7) is 0. The fourth-order valence-corrected chi connectivity index (χ4v) is 8.31. The second-order valence-electron chi connectivity index (χ2n) is 10.2. The smallest absolute Gasteiger partial charge is 0.254 e. The zero-order chi connectivity index (χ0) is 27.9. The molecule has 0 radical (unpaired) electrons. The number of amides is 4. The average molecular weight is 634 g/mol. The molecule has 39 heavy (non-hydrogen) atoms. The van der Waals surface area contributed by atoms with Crippen LogP contribution in [0.3, 0.4) is 0 Å². The molecule has 1 N–H and O–H groups in total. The monoisotopic (exact) mass is 632 g/mol. The van der Waals surface area contributed by atoms with Crippen LogP contribution in [0.5, 0.6) is 11.5 Å². The minimum Gasteiger partial charge on any atom is -0.508 e. The third-order valence-corrected chi connectivity index (χ3v) is 10.5. The Hall–Kier alpha value is -2.88. The lowest BCUT2D eigenvalue weighted by Crippen LogP contribution is -2.60. The largest absolute Gasteiger partial charge is 0.508 e. The van der Waals surface area contributed by atoms with Crippen LogP contribution >= 0.6 is 39.1 Å². The van der Waals surface area contributed by atoms with Gasteiger partial charge in [0.25, 0.3) is 11.8 Å². The van der Waals surface area contributed by atoms with Crippen molar-refractivity contribution in [2.75, 3.05) is 17.5 Å². The number of hydrogen-bond acceptors (Lipinski definition) is 6. The molecule has 8 nitrogen and oxygen atoms in total. The fourth-order valence-electron chi connectivity index (χ4n) is 6.90. The number of phenols is 1. The molecule has 0 aromatic heterocycles. The Morgan fingerprint density at radius 3 is 2.38 bits per heavy atom. The number of para-hydroxylation sites is 1. The van der Waals surface area contributed by atoms with Crippen molar-refractivity contribution in [1.29, 1.82) is 0 Å². The van der Waals surface area contributed by atoms with Crippen LogP contribution in [0.1, 0.15) is 24.3 Å². The van der Waals surface area contributed by atoms with Gasteiger partial charge in [-0.25, -0.2) is 0 Å². The number of alkyl halides is 3. The summed E-state index contributed by atoms with van der Waals surface area (Å²) in [6.07, 6.45) is 1.91. The lowest BCUT2D eigenvalue weighted by atomic mass is 9.56. The van der Waals surface area contributed by atoms with E-state index in [1.165, 1.54) is 18.1 Å². The van der Waals surface area contributed by atoms with Gasteiger partial charge in [0.15, 0.2) is 9.75 Å². The molecule has 2 saturated heterocycles. The van der Waals surface area contributed by atoms with Crippen molar-refractivity contribution < 1.29 is 29.0 Å². The zero-order valence-electron chi connectivity index (χ0n) is 20.6. The highest BCUT2D eigenvalue weighted by molar-refractivity contribution is 9.09. The van der Waals surface area contributed by atoms with E-state index in [4.69, 9.17) is 27.9 Å². The number of allylic oxidation sites excluding steroid dienone is 2. The summed E-state index contributed by atoms with van der Waals surface area (Å²) in [5.74, 6) is -5.37. The highest BCUT2D eigenvalue weighted by Gasteiger charge is 2.76. The molecule has 1 saturated carbocycles. The van der Waals surface area contributed by atoms with Gasteiger partial charge in [-0.3, -0.25) is 29.0 Å². The van der Waals surface area contributed by atoms with Gasteiger partial charge < -0.3 is 9.84 Å². The van der Waals surface area contributed by atoms with Crippen molar-refractivity contribution >= 4 is 68.4 Å². The van der Waals surface area contributed by atoms with E-state index < -0.39 is 51.1 Å². The molecule has 3 fully saturated rings. The first-order valence-electron chi connectivity index (χ1n) is 12.4. The molecular weight excluding hydrogens is 611 g/mol. The van der Waals surface area contributed by atoms with Gasteiger partial charge in [-0.05, 0) is 43.0 Å². The van der Waals surface area contributed by atoms with E-state index in [-0.39, 0.29) is 41.3 Å². The summed E-state index contributed by atoms with van der Waals surface area (Å²) in [6, 6.07) is 13.3. The van der Waals surface area contributed by atoms with Crippen LogP contribution in [0.25, 0.3) is 0 Å². The summed E-state index contributed by atoms with van der Waals surface area (Å²) in [5, 5.41) is 11.1. The molecule has 0 spiro atoms. The van der Waals surface area contributed by atoms with Crippen LogP contribution in [-0.4, -0.2) is 55.9 Å². The Kier molecular flexibility index (Phi) is 6.13. The Bertz CT molecular complexity index is 1470. The maximum atomic E-state index is 13.9. The van der Waals surface area contributed by atoms with Crippen LogP contribution in [0.15, 0.2) is 60.2 Å². The number of fused-ring (bicyclic) bond motifs is 4. The van der Waals surface area contributed by atoms with E-state index in [1.807, 2.05) is 6.08 Å². The third-order valence-electron chi connectivity index (χ3n) is 8.58. The molecule has 11 heteroatoms. The highest BCUT2D eigenvalue weighted by Crippen LogP contribution is 2.67.